The second-order valence-corrected chi connectivity index (χ2v) is 6.77. The van der Waals surface area contributed by atoms with Crippen LogP contribution in [0, 0.1) is 0 Å². The largest absolute Gasteiger partial charge is 0.494 e. The number of ether oxygens (including phenoxy) is 1. The predicted octanol–water partition coefficient (Wildman–Crippen LogP) is 2.13. The topological polar surface area (TPSA) is 101 Å². The third-order valence-electron chi connectivity index (χ3n) is 3.54. The summed E-state index contributed by atoms with van der Waals surface area (Å²) in [5.74, 6) is -1.43. The van der Waals surface area contributed by atoms with Gasteiger partial charge >= 0.3 is 5.97 Å². The summed E-state index contributed by atoms with van der Waals surface area (Å²) in [6, 6.07) is 9.47. The number of rotatable bonds is 4. The van der Waals surface area contributed by atoms with Crippen molar-refractivity contribution < 1.29 is 27.9 Å². The first-order valence-corrected chi connectivity index (χ1v) is 8.50. The quantitative estimate of drug-likeness (QED) is 0.909. The minimum atomic E-state index is -4.15. The lowest BCUT2D eigenvalue weighted by Gasteiger charge is -2.15. The van der Waals surface area contributed by atoms with Crippen LogP contribution >= 0.6 is 0 Å². The van der Waals surface area contributed by atoms with Crippen molar-refractivity contribution in [3.8, 4) is 5.75 Å². The SMILES string of the molecule is CCOc1ccc(N2C(=O)c3ccc(C(=O)O)cc3S2(=O)=O)cc1. The molecule has 1 amide bonds. The van der Waals surface area contributed by atoms with Crippen molar-refractivity contribution in [2.24, 2.45) is 0 Å². The van der Waals surface area contributed by atoms with Crippen molar-refractivity contribution in [3.63, 3.8) is 0 Å². The molecule has 0 radical (unpaired) electrons. The van der Waals surface area contributed by atoms with Crippen molar-refractivity contribution in [2.75, 3.05) is 10.9 Å². The Labute approximate surface area is 138 Å². The molecule has 124 valence electrons. The van der Waals surface area contributed by atoms with Gasteiger partial charge in [0.25, 0.3) is 15.9 Å². The summed E-state index contributed by atoms with van der Waals surface area (Å²) < 4.78 is 31.3. The van der Waals surface area contributed by atoms with Gasteiger partial charge in [-0.15, -0.1) is 0 Å². The van der Waals surface area contributed by atoms with E-state index in [1.54, 1.807) is 12.1 Å². The van der Waals surface area contributed by atoms with Gasteiger partial charge in [-0.2, -0.15) is 4.31 Å². The summed E-state index contributed by atoms with van der Waals surface area (Å²) >= 11 is 0. The second kappa shape index (κ2) is 5.64. The van der Waals surface area contributed by atoms with Gasteiger partial charge in [-0.25, -0.2) is 13.2 Å². The Morgan fingerprint density at radius 3 is 2.42 bits per heavy atom. The zero-order valence-corrected chi connectivity index (χ0v) is 13.4. The molecule has 1 heterocycles. The first kappa shape index (κ1) is 16.0. The van der Waals surface area contributed by atoms with Crippen LogP contribution in [-0.4, -0.2) is 32.0 Å². The van der Waals surface area contributed by atoms with E-state index >= 15 is 0 Å². The van der Waals surface area contributed by atoms with Crippen LogP contribution in [0.15, 0.2) is 47.4 Å². The van der Waals surface area contributed by atoms with Gasteiger partial charge in [0.2, 0.25) is 0 Å². The third-order valence-corrected chi connectivity index (χ3v) is 5.29. The van der Waals surface area contributed by atoms with Crippen LogP contribution in [0.5, 0.6) is 5.75 Å². The normalized spacial score (nSPS) is 15.2. The third kappa shape index (κ3) is 2.41. The van der Waals surface area contributed by atoms with E-state index in [1.165, 1.54) is 24.3 Å². The van der Waals surface area contributed by atoms with Crippen molar-refractivity contribution in [3.05, 3.63) is 53.6 Å². The number of carbonyl (C=O) groups is 2. The van der Waals surface area contributed by atoms with Gasteiger partial charge in [0.15, 0.2) is 0 Å². The van der Waals surface area contributed by atoms with E-state index in [0.717, 1.165) is 6.07 Å². The number of hydrogen-bond acceptors (Lipinski definition) is 5. The number of anilines is 1. The van der Waals surface area contributed by atoms with E-state index < -0.39 is 21.9 Å². The Kier molecular flexibility index (Phi) is 3.76. The molecule has 3 rings (SSSR count). The predicted molar refractivity (Wildman–Crippen MR) is 85.0 cm³/mol. The maximum absolute atomic E-state index is 12.7. The van der Waals surface area contributed by atoms with Crippen molar-refractivity contribution >= 4 is 27.6 Å². The summed E-state index contributed by atoms with van der Waals surface area (Å²) in [6.07, 6.45) is 0. The van der Waals surface area contributed by atoms with Crippen LogP contribution in [0.25, 0.3) is 0 Å². The number of carboxylic acids is 1. The molecular formula is C16H13NO6S. The van der Waals surface area contributed by atoms with Gasteiger partial charge in [0.1, 0.15) is 10.6 Å². The molecule has 0 saturated carbocycles. The Balaban J connectivity index is 2.08. The molecule has 2 aromatic rings. The maximum Gasteiger partial charge on any atom is 0.335 e. The lowest BCUT2D eigenvalue weighted by molar-refractivity contribution is 0.0696. The highest BCUT2D eigenvalue weighted by Crippen LogP contribution is 2.35. The van der Waals surface area contributed by atoms with E-state index in [0.29, 0.717) is 16.7 Å². The minimum Gasteiger partial charge on any atom is -0.494 e. The Bertz CT molecular complexity index is 934. The smallest absolute Gasteiger partial charge is 0.335 e. The summed E-state index contributed by atoms with van der Waals surface area (Å²) in [5.41, 5.74) is -0.0796. The Morgan fingerprint density at radius 1 is 1.17 bits per heavy atom. The van der Waals surface area contributed by atoms with Gasteiger partial charge in [0, 0.05) is 0 Å². The molecule has 7 nitrogen and oxygen atoms in total. The van der Waals surface area contributed by atoms with Gasteiger partial charge in [-0.1, -0.05) is 0 Å². The number of nitrogens with zero attached hydrogens (tertiary/aromatic N) is 1. The number of sulfonamides is 1. The van der Waals surface area contributed by atoms with Gasteiger partial charge < -0.3 is 9.84 Å². The van der Waals surface area contributed by atoms with Crippen LogP contribution in [0.2, 0.25) is 0 Å². The summed E-state index contributed by atoms with van der Waals surface area (Å²) in [7, 11) is -4.15. The molecule has 0 aliphatic carbocycles. The molecular weight excluding hydrogens is 334 g/mol. The van der Waals surface area contributed by atoms with E-state index in [-0.39, 0.29) is 21.7 Å². The van der Waals surface area contributed by atoms with Crippen LogP contribution in [0.4, 0.5) is 5.69 Å². The number of carboxylic acid groups (broad SMARTS) is 1. The molecule has 1 aliphatic rings. The highest BCUT2D eigenvalue weighted by Gasteiger charge is 2.42. The summed E-state index contributed by atoms with van der Waals surface area (Å²) in [5, 5.41) is 9.01. The van der Waals surface area contributed by atoms with Crippen LogP contribution in [0.1, 0.15) is 27.6 Å². The van der Waals surface area contributed by atoms with E-state index in [4.69, 9.17) is 9.84 Å². The van der Waals surface area contributed by atoms with Crippen molar-refractivity contribution in [1.82, 2.24) is 0 Å². The number of amides is 1. The molecule has 0 atom stereocenters. The molecule has 0 unspecified atom stereocenters. The standard InChI is InChI=1S/C16H13NO6S/c1-2-23-12-6-4-11(5-7-12)17-15(18)13-8-3-10(16(19)20)9-14(13)24(17,21)22/h3-9H,2H2,1H3,(H,19,20). The molecule has 0 saturated heterocycles. The zero-order chi connectivity index (χ0) is 17.5. The molecule has 24 heavy (non-hydrogen) atoms. The summed E-state index contributed by atoms with van der Waals surface area (Å²) in [6.45, 7) is 2.28. The number of fused-ring (bicyclic) bond motifs is 1. The van der Waals surface area contributed by atoms with E-state index in [2.05, 4.69) is 0 Å². The first-order valence-electron chi connectivity index (χ1n) is 7.06. The summed E-state index contributed by atoms with van der Waals surface area (Å²) in [4.78, 5) is 23.2. The molecule has 0 aromatic heterocycles. The fourth-order valence-corrected chi connectivity index (χ4v) is 4.08. The Morgan fingerprint density at radius 2 is 1.83 bits per heavy atom. The number of hydrogen-bond donors (Lipinski definition) is 1. The second-order valence-electron chi connectivity index (χ2n) is 5.02. The lowest BCUT2D eigenvalue weighted by atomic mass is 10.1. The molecule has 0 fully saturated rings. The van der Waals surface area contributed by atoms with Crippen LogP contribution < -0.4 is 9.04 Å². The van der Waals surface area contributed by atoms with Gasteiger partial charge in [-0.3, -0.25) is 4.79 Å². The molecule has 0 bridgehead atoms. The molecule has 0 spiro atoms. The monoisotopic (exact) mass is 347 g/mol. The van der Waals surface area contributed by atoms with E-state index in [9.17, 15) is 18.0 Å². The highest BCUT2D eigenvalue weighted by molar-refractivity contribution is 7.94. The molecule has 8 heteroatoms. The molecule has 1 N–H and O–H groups in total. The minimum absolute atomic E-state index is 0.0473. The average Bonchev–Trinajstić information content (AvgIpc) is 2.75. The number of carbonyl (C=O) groups excluding carboxylic acids is 1. The zero-order valence-electron chi connectivity index (χ0n) is 12.6. The van der Waals surface area contributed by atoms with Crippen molar-refractivity contribution in [2.45, 2.75) is 11.8 Å². The first-order chi connectivity index (χ1) is 11.4. The fourth-order valence-electron chi connectivity index (χ4n) is 2.46. The average molecular weight is 347 g/mol. The molecule has 2 aromatic carbocycles. The van der Waals surface area contributed by atoms with Crippen LogP contribution in [0.3, 0.4) is 0 Å². The van der Waals surface area contributed by atoms with Gasteiger partial charge in [-0.05, 0) is 49.4 Å². The van der Waals surface area contributed by atoms with Gasteiger partial charge in [0.05, 0.1) is 23.4 Å². The van der Waals surface area contributed by atoms with Crippen molar-refractivity contribution in [1.29, 1.82) is 0 Å². The van der Waals surface area contributed by atoms with Crippen LogP contribution in [-0.2, 0) is 10.0 Å². The molecule has 1 aliphatic heterocycles. The number of benzene rings is 2. The lowest BCUT2D eigenvalue weighted by Crippen LogP contribution is -2.29. The van der Waals surface area contributed by atoms with E-state index in [1.807, 2.05) is 6.92 Å². The maximum atomic E-state index is 12.7. The number of aromatic carboxylic acids is 1. The highest BCUT2D eigenvalue weighted by atomic mass is 32.2. The fraction of sp³-hybridized carbons (Fsp3) is 0.125. The Hall–Kier alpha value is -2.87.